The van der Waals surface area contributed by atoms with Crippen molar-refractivity contribution in [2.45, 2.75) is 13.8 Å². The molecule has 1 aliphatic rings. The number of nitrogens with zero attached hydrogens (tertiary/aromatic N) is 1. The van der Waals surface area contributed by atoms with Crippen molar-refractivity contribution in [2.75, 3.05) is 39.3 Å². The maximum Gasteiger partial charge on any atom is 0.0913 e. The van der Waals surface area contributed by atoms with Crippen LogP contribution in [0.25, 0.3) is 0 Å². The molecule has 1 aliphatic heterocycles. The minimum Gasteiger partial charge on any atom is -1.00 e. The summed E-state index contributed by atoms with van der Waals surface area (Å²) in [5.41, 5.74) is 0. The second kappa shape index (κ2) is 5.32. The van der Waals surface area contributed by atoms with Crippen LogP contribution in [0.1, 0.15) is 13.8 Å². The molecule has 0 aromatic heterocycles. The highest BCUT2D eigenvalue weighted by Gasteiger charge is 2.24. The van der Waals surface area contributed by atoms with E-state index in [0.717, 1.165) is 0 Å². The van der Waals surface area contributed by atoms with Gasteiger partial charge in [-0.25, -0.2) is 0 Å². The predicted molar refractivity (Wildman–Crippen MR) is 43.9 cm³/mol. The maximum atomic E-state index is 3.39. The molecule has 1 heterocycles. The third kappa shape index (κ3) is 2.87. The van der Waals surface area contributed by atoms with E-state index >= 15 is 0 Å². The highest BCUT2D eigenvalue weighted by atomic mass is 127. The summed E-state index contributed by atoms with van der Waals surface area (Å²) in [6, 6.07) is 0. The molecule has 68 valence electrons. The summed E-state index contributed by atoms with van der Waals surface area (Å²) in [6.07, 6.45) is 0. The Balaban J connectivity index is 0.000001000. The van der Waals surface area contributed by atoms with Gasteiger partial charge in [0.2, 0.25) is 0 Å². The van der Waals surface area contributed by atoms with Gasteiger partial charge >= 0.3 is 0 Å². The molecule has 0 bridgehead atoms. The van der Waals surface area contributed by atoms with E-state index < -0.39 is 0 Å². The number of halogens is 1. The first-order valence-corrected chi connectivity index (χ1v) is 4.39. The van der Waals surface area contributed by atoms with Gasteiger partial charge in [-0.1, -0.05) is 0 Å². The summed E-state index contributed by atoms with van der Waals surface area (Å²) in [7, 11) is 0. The second-order valence-electron chi connectivity index (χ2n) is 3.17. The first-order chi connectivity index (χ1) is 4.83. The van der Waals surface area contributed by atoms with Crippen molar-refractivity contribution in [2.24, 2.45) is 0 Å². The molecule has 0 aromatic rings. The van der Waals surface area contributed by atoms with Gasteiger partial charge in [-0.05, 0) is 13.8 Å². The molecule has 11 heavy (non-hydrogen) atoms. The minimum atomic E-state index is 0. The van der Waals surface area contributed by atoms with Crippen molar-refractivity contribution in [3.8, 4) is 0 Å². The van der Waals surface area contributed by atoms with E-state index in [0.29, 0.717) is 0 Å². The summed E-state index contributed by atoms with van der Waals surface area (Å²) >= 11 is 0. The SMILES string of the molecule is CC[N+]1(CC)CCNCC1.[I-]. The van der Waals surface area contributed by atoms with Gasteiger partial charge in [0.1, 0.15) is 0 Å². The van der Waals surface area contributed by atoms with Gasteiger partial charge < -0.3 is 33.8 Å². The minimum absolute atomic E-state index is 0. The number of nitrogens with one attached hydrogen (secondary N) is 1. The fourth-order valence-electron chi connectivity index (χ4n) is 1.73. The number of likely N-dealkylation sites (N-methyl/N-ethyl adjacent to an activating group) is 1. The molecule has 2 nitrogen and oxygen atoms in total. The van der Waals surface area contributed by atoms with Crippen LogP contribution in [0.15, 0.2) is 0 Å². The molecule has 0 atom stereocenters. The number of quaternary nitrogens is 1. The quantitative estimate of drug-likeness (QED) is 0.430. The van der Waals surface area contributed by atoms with Crippen molar-refractivity contribution in [1.29, 1.82) is 0 Å². The number of hydrogen-bond donors (Lipinski definition) is 1. The van der Waals surface area contributed by atoms with Gasteiger partial charge in [0, 0.05) is 13.1 Å². The van der Waals surface area contributed by atoms with E-state index in [9.17, 15) is 0 Å². The molecule has 3 heteroatoms. The first kappa shape index (κ1) is 11.6. The molecule has 0 spiro atoms. The van der Waals surface area contributed by atoms with E-state index in [-0.39, 0.29) is 24.0 Å². The van der Waals surface area contributed by atoms with Crippen molar-refractivity contribution in [1.82, 2.24) is 5.32 Å². The Labute approximate surface area is 87.0 Å². The molecule has 0 saturated carbocycles. The third-order valence-corrected chi connectivity index (χ3v) is 2.87. The average Bonchev–Trinajstić information content (AvgIpc) is 2.06. The molecule has 1 rings (SSSR count). The fourth-order valence-corrected chi connectivity index (χ4v) is 1.73. The van der Waals surface area contributed by atoms with Crippen LogP contribution in [0.2, 0.25) is 0 Å². The zero-order chi connectivity index (χ0) is 7.45. The Hall–Kier alpha value is 0.650. The fraction of sp³-hybridized carbons (Fsp3) is 1.00. The van der Waals surface area contributed by atoms with Crippen molar-refractivity contribution >= 4 is 0 Å². The Morgan fingerprint density at radius 1 is 1.09 bits per heavy atom. The van der Waals surface area contributed by atoms with E-state index in [1.807, 2.05) is 0 Å². The van der Waals surface area contributed by atoms with Crippen molar-refractivity contribution in [3.63, 3.8) is 0 Å². The van der Waals surface area contributed by atoms with E-state index in [4.69, 9.17) is 0 Å². The van der Waals surface area contributed by atoms with Crippen LogP contribution < -0.4 is 29.3 Å². The van der Waals surface area contributed by atoms with Crippen LogP contribution in [0.3, 0.4) is 0 Å². The molecule has 1 N–H and O–H groups in total. The average molecular weight is 270 g/mol. The Bertz CT molecular complexity index is 94.3. The lowest BCUT2D eigenvalue weighted by atomic mass is 10.2. The van der Waals surface area contributed by atoms with Gasteiger partial charge in [-0.3, -0.25) is 0 Å². The summed E-state index contributed by atoms with van der Waals surface area (Å²) in [5.74, 6) is 0. The number of hydrogen-bond acceptors (Lipinski definition) is 1. The van der Waals surface area contributed by atoms with Crippen LogP contribution in [0.5, 0.6) is 0 Å². The first-order valence-electron chi connectivity index (χ1n) is 4.39. The highest BCUT2D eigenvalue weighted by molar-refractivity contribution is 4.55. The molecule has 0 aliphatic carbocycles. The third-order valence-electron chi connectivity index (χ3n) is 2.87. The van der Waals surface area contributed by atoms with E-state index in [2.05, 4.69) is 19.2 Å². The van der Waals surface area contributed by atoms with Crippen molar-refractivity contribution in [3.05, 3.63) is 0 Å². The predicted octanol–water partition coefficient (Wildman–Crippen LogP) is -2.55. The lowest BCUT2D eigenvalue weighted by Crippen LogP contribution is -3.00. The van der Waals surface area contributed by atoms with E-state index in [1.54, 1.807) is 0 Å². The molecule has 0 aromatic carbocycles. The Morgan fingerprint density at radius 3 is 1.82 bits per heavy atom. The van der Waals surface area contributed by atoms with Gasteiger partial charge in [-0.15, -0.1) is 0 Å². The van der Waals surface area contributed by atoms with Gasteiger partial charge in [0.05, 0.1) is 26.2 Å². The summed E-state index contributed by atoms with van der Waals surface area (Å²) < 4.78 is 1.33. The molecular weight excluding hydrogens is 251 g/mol. The molecule has 0 radical (unpaired) electrons. The summed E-state index contributed by atoms with van der Waals surface area (Å²) in [6.45, 7) is 12.3. The topological polar surface area (TPSA) is 12.0 Å². The lowest BCUT2D eigenvalue weighted by molar-refractivity contribution is -0.926. The molecule has 1 saturated heterocycles. The van der Waals surface area contributed by atoms with E-state index in [1.165, 1.54) is 43.8 Å². The van der Waals surface area contributed by atoms with Gasteiger partial charge in [0.25, 0.3) is 0 Å². The van der Waals surface area contributed by atoms with Crippen LogP contribution in [-0.4, -0.2) is 43.8 Å². The van der Waals surface area contributed by atoms with Crippen molar-refractivity contribution < 1.29 is 28.5 Å². The highest BCUT2D eigenvalue weighted by Crippen LogP contribution is 2.06. The largest absolute Gasteiger partial charge is 1.00 e. The normalized spacial score (nSPS) is 22.4. The van der Waals surface area contributed by atoms with Crippen LogP contribution in [0.4, 0.5) is 0 Å². The van der Waals surface area contributed by atoms with Gasteiger partial charge in [0.15, 0.2) is 0 Å². The standard InChI is InChI=1S/C8H19N2.HI/c1-3-10(4-2)7-5-9-6-8-10;/h9H,3-8H2,1-2H3;1H/q+1;/p-1. The zero-order valence-corrected chi connectivity index (χ0v) is 9.73. The summed E-state index contributed by atoms with van der Waals surface area (Å²) in [5, 5.41) is 3.39. The molecule has 0 unspecified atom stereocenters. The van der Waals surface area contributed by atoms with Crippen LogP contribution in [0, 0.1) is 0 Å². The molecular formula is C8H19IN2. The lowest BCUT2D eigenvalue weighted by Gasteiger charge is -2.40. The number of piperazine rings is 1. The Morgan fingerprint density at radius 2 is 1.55 bits per heavy atom. The Kier molecular flexibility index (Phi) is 5.64. The molecule has 1 fully saturated rings. The smallest absolute Gasteiger partial charge is 0.0913 e. The van der Waals surface area contributed by atoms with Crippen LogP contribution in [-0.2, 0) is 0 Å². The van der Waals surface area contributed by atoms with Gasteiger partial charge in [-0.2, -0.15) is 0 Å². The second-order valence-corrected chi connectivity index (χ2v) is 3.17. The molecule has 0 amide bonds. The maximum absolute atomic E-state index is 3.39. The summed E-state index contributed by atoms with van der Waals surface area (Å²) in [4.78, 5) is 0. The van der Waals surface area contributed by atoms with Crippen LogP contribution >= 0.6 is 0 Å². The zero-order valence-electron chi connectivity index (χ0n) is 7.57. The monoisotopic (exact) mass is 270 g/mol. The number of rotatable bonds is 2.